The molecular formula is C16H20N2O5S. The van der Waals surface area contributed by atoms with Crippen molar-refractivity contribution in [2.45, 2.75) is 43.5 Å². The molecule has 1 atom stereocenters. The van der Waals surface area contributed by atoms with E-state index in [1.165, 1.54) is 6.07 Å². The zero-order valence-corrected chi connectivity index (χ0v) is 14.2. The molecule has 3 rings (SSSR count). The van der Waals surface area contributed by atoms with Crippen molar-refractivity contribution in [3.05, 3.63) is 23.8 Å². The second kappa shape index (κ2) is 6.18. The molecule has 8 heteroatoms. The molecule has 1 amide bonds. The Morgan fingerprint density at radius 3 is 2.67 bits per heavy atom. The zero-order chi connectivity index (χ0) is 17.5. The van der Waals surface area contributed by atoms with Crippen LogP contribution in [0.2, 0.25) is 0 Å². The molecule has 1 aromatic rings. The number of carbonyl (C=O) groups is 2. The SMILES string of the molecule is CC1Cc2cc(S(=O)(=O)NCCC(=O)O)ccc2N1C(=O)C1CC1. The van der Waals surface area contributed by atoms with Gasteiger partial charge in [-0.3, -0.25) is 9.59 Å². The molecule has 1 aliphatic heterocycles. The number of fused-ring (bicyclic) bond motifs is 1. The first-order valence-corrected chi connectivity index (χ1v) is 9.45. The molecule has 0 saturated heterocycles. The Balaban J connectivity index is 1.81. The molecular weight excluding hydrogens is 332 g/mol. The van der Waals surface area contributed by atoms with Crippen LogP contribution in [-0.2, 0) is 26.0 Å². The van der Waals surface area contributed by atoms with Gasteiger partial charge in [-0.05, 0) is 49.9 Å². The molecule has 7 nitrogen and oxygen atoms in total. The fourth-order valence-corrected chi connectivity index (χ4v) is 4.10. The lowest BCUT2D eigenvalue weighted by Gasteiger charge is -2.22. The molecule has 0 bridgehead atoms. The second-order valence-corrected chi connectivity index (χ2v) is 8.13. The highest BCUT2D eigenvalue weighted by molar-refractivity contribution is 7.89. The van der Waals surface area contributed by atoms with E-state index >= 15 is 0 Å². The summed E-state index contributed by atoms with van der Waals surface area (Å²) >= 11 is 0. The van der Waals surface area contributed by atoms with E-state index in [0.29, 0.717) is 6.42 Å². The van der Waals surface area contributed by atoms with Crippen LogP contribution in [0.25, 0.3) is 0 Å². The highest BCUT2D eigenvalue weighted by atomic mass is 32.2. The lowest BCUT2D eigenvalue weighted by Crippen LogP contribution is -2.36. The first-order valence-electron chi connectivity index (χ1n) is 7.97. The molecule has 0 spiro atoms. The Bertz CT molecular complexity index is 786. The number of sulfonamides is 1. The first-order chi connectivity index (χ1) is 11.3. The number of anilines is 1. The molecule has 2 aliphatic rings. The fourth-order valence-electron chi connectivity index (χ4n) is 3.01. The van der Waals surface area contributed by atoms with Crippen molar-refractivity contribution < 1.29 is 23.1 Å². The van der Waals surface area contributed by atoms with E-state index in [0.717, 1.165) is 24.1 Å². The summed E-state index contributed by atoms with van der Waals surface area (Å²) in [5, 5.41) is 8.60. The van der Waals surface area contributed by atoms with E-state index in [4.69, 9.17) is 5.11 Å². The number of carboxylic acids is 1. The van der Waals surface area contributed by atoms with Crippen LogP contribution in [0.5, 0.6) is 0 Å². The van der Waals surface area contributed by atoms with Crippen molar-refractivity contribution in [3.63, 3.8) is 0 Å². The Kier molecular flexibility index (Phi) is 4.35. The minimum atomic E-state index is -3.75. The lowest BCUT2D eigenvalue weighted by molar-refractivity contribution is -0.136. The van der Waals surface area contributed by atoms with E-state index in [-0.39, 0.29) is 35.7 Å². The van der Waals surface area contributed by atoms with E-state index in [1.54, 1.807) is 17.0 Å². The van der Waals surface area contributed by atoms with Gasteiger partial charge in [-0.1, -0.05) is 0 Å². The topological polar surface area (TPSA) is 104 Å². The number of carboxylic acid groups (broad SMARTS) is 1. The molecule has 1 fully saturated rings. The van der Waals surface area contributed by atoms with Crippen molar-refractivity contribution in [2.75, 3.05) is 11.4 Å². The summed E-state index contributed by atoms with van der Waals surface area (Å²) in [5.74, 6) is -0.828. The Labute approximate surface area is 140 Å². The van der Waals surface area contributed by atoms with Crippen LogP contribution < -0.4 is 9.62 Å². The number of hydrogen-bond donors (Lipinski definition) is 2. The molecule has 1 unspecified atom stereocenters. The maximum atomic E-state index is 12.4. The quantitative estimate of drug-likeness (QED) is 0.799. The van der Waals surface area contributed by atoms with Gasteiger partial charge < -0.3 is 10.0 Å². The highest BCUT2D eigenvalue weighted by Crippen LogP contribution is 2.39. The summed E-state index contributed by atoms with van der Waals surface area (Å²) < 4.78 is 26.8. The van der Waals surface area contributed by atoms with Crippen LogP contribution in [0.4, 0.5) is 5.69 Å². The Morgan fingerprint density at radius 2 is 2.04 bits per heavy atom. The number of nitrogens with zero attached hydrogens (tertiary/aromatic N) is 1. The molecule has 24 heavy (non-hydrogen) atoms. The average molecular weight is 352 g/mol. The number of carbonyl (C=O) groups excluding carboxylic acids is 1. The minimum absolute atomic E-state index is 0.0195. The maximum Gasteiger partial charge on any atom is 0.304 e. The van der Waals surface area contributed by atoms with Crippen molar-refractivity contribution in [1.82, 2.24) is 4.72 Å². The molecule has 2 N–H and O–H groups in total. The van der Waals surface area contributed by atoms with Gasteiger partial charge in [0.1, 0.15) is 0 Å². The largest absolute Gasteiger partial charge is 0.481 e. The molecule has 130 valence electrons. The lowest BCUT2D eigenvalue weighted by atomic mass is 10.1. The summed E-state index contributed by atoms with van der Waals surface area (Å²) in [4.78, 5) is 24.8. The number of nitrogens with one attached hydrogen (secondary N) is 1. The van der Waals surface area contributed by atoms with Crippen LogP contribution in [0.1, 0.15) is 31.7 Å². The van der Waals surface area contributed by atoms with Gasteiger partial charge in [0.05, 0.1) is 11.3 Å². The summed E-state index contributed by atoms with van der Waals surface area (Å²) in [6.07, 6.45) is 2.20. The highest BCUT2D eigenvalue weighted by Gasteiger charge is 2.39. The summed E-state index contributed by atoms with van der Waals surface area (Å²) in [6, 6.07) is 4.73. The van der Waals surface area contributed by atoms with Crippen molar-refractivity contribution >= 4 is 27.6 Å². The van der Waals surface area contributed by atoms with Crippen LogP contribution in [0, 0.1) is 5.92 Å². The molecule has 0 radical (unpaired) electrons. The van der Waals surface area contributed by atoms with Gasteiger partial charge in [-0.2, -0.15) is 0 Å². The fraction of sp³-hybridized carbons (Fsp3) is 0.500. The van der Waals surface area contributed by atoms with Crippen LogP contribution >= 0.6 is 0 Å². The second-order valence-electron chi connectivity index (χ2n) is 6.37. The van der Waals surface area contributed by atoms with Gasteiger partial charge in [0.2, 0.25) is 15.9 Å². The summed E-state index contributed by atoms with van der Waals surface area (Å²) in [7, 11) is -3.75. The van der Waals surface area contributed by atoms with Gasteiger partial charge in [0.25, 0.3) is 0 Å². The number of aliphatic carboxylic acids is 1. The van der Waals surface area contributed by atoms with E-state index in [1.807, 2.05) is 6.92 Å². The van der Waals surface area contributed by atoms with E-state index in [9.17, 15) is 18.0 Å². The van der Waals surface area contributed by atoms with Gasteiger partial charge in [0.15, 0.2) is 0 Å². The van der Waals surface area contributed by atoms with E-state index < -0.39 is 16.0 Å². The first kappa shape index (κ1) is 16.9. The van der Waals surface area contributed by atoms with Crippen LogP contribution in [-0.4, -0.2) is 38.0 Å². The standard InChI is InChI=1S/C16H20N2O5S/c1-10-8-12-9-13(24(22,23)17-7-6-15(19)20)4-5-14(12)18(10)16(21)11-2-3-11/h4-5,9-11,17H,2-3,6-8H2,1H3,(H,19,20). The van der Waals surface area contributed by atoms with Gasteiger partial charge in [-0.25, -0.2) is 13.1 Å². The minimum Gasteiger partial charge on any atom is -0.481 e. The monoisotopic (exact) mass is 352 g/mol. The van der Waals surface area contributed by atoms with Crippen molar-refractivity contribution in [2.24, 2.45) is 5.92 Å². The smallest absolute Gasteiger partial charge is 0.304 e. The van der Waals surface area contributed by atoms with Crippen LogP contribution in [0.3, 0.4) is 0 Å². The molecule has 1 saturated carbocycles. The van der Waals surface area contributed by atoms with Crippen LogP contribution in [0.15, 0.2) is 23.1 Å². The van der Waals surface area contributed by atoms with Crippen molar-refractivity contribution in [1.29, 1.82) is 0 Å². The van der Waals surface area contributed by atoms with E-state index in [2.05, 4.69) is 4.72 Å². The number of rotatable bonds is 6. The Morgan fingerprint density at radius 1 is 1.33 bits per heavy atom. The van der Waals surface area contributed by atoms with Crippen molar-refractivity contribution in [3.8, 4) is 0 Å². The maximum absolute atomic E-state index is 12.4. The average Bonchev–Trinajstić information content (AvgIpc) is 3.28. The molecule has 0 aromatic heterocycles. The summed E-state index contributed by atoms with van der Waals surface area (Å²) in [5.41, 5.74) is 1.61. The third-order valence-corrected chi connectivity index (χ3v) is 5.83. The number of hydrogen-bond acceptors (Lipinski definition) is 4. The normalized spacial score (nSPS) is 20.0. The predicted octanol–water partition coefficient (Wildman–Crippen LogP) is 1.13. The van der Waals surface area contributed by atoms with Gasteiger partial charge in [0, 0.05) is 24.2 Å². The third kappa shape index (κ3) is 3.29. The Hall–Kier alpha value is -1.93. The molecule has 1 aromatic carbocycles. The predicted molar refractivity (Wildman–Crippen MR) is 87.3 cm³/mol. The molecule has 1 heterocycles. The van der Waals surface area contributed by atoms with Gasteiger partial charge >= 0.3 is 5.97 Å². The number of benzene rings is 1. The number of amides is 1. The molecule has 1 aliphatic carbocycles. The zero-order valence-electron chi connectivity index (χ0n) is 13.4. The summed E-state index contributed by atoms with van der Waals surface area (Å²) in [6.45, 7) is 1.80. The van der Waals surface area contributed by atoms with Gasteiger partial charge in [-0.15, -0.1) is 0 Å². The third-order valence-electron chi connectivity index (χ3n) is 4.37.